The number of rotatable bonds is 5. The third-order valence-corrected chi connectivity index (χ3v) is 9.52. The Morgan fingerprint density at radius 3 is 2.43 bits per heavy atom. The van der Waals surface area contributed by atoms with E-state index in [-0.39, 0.29) is 65.5 Å². The van der Waals surface area contributed by atoms with Crippen LogP contribution in [0.25, 0.3) is 22.0 Å². The molecule has 222 valence electrons. The number of benzene rings is 2. The number of likely N-dealkylation sites (tertiary alicyclic amines) is 1. The quantitative estimate of drug-likeness (QED) is 0.221. The smallest absolute Gasteiger partial charge is 0.352 e. The lowest BCUT2D eigenvalue weighted by molar-refractivity contribution is -0.137. The standard InChI is InChI=1S/C28H25ClF5N5O2S/c1-2-22(40)37-6-8-38(9-7-37)26-17-10-18(28(32,33)34)23(16-11-19(29)21(31)12-20(16)30)25-24(17)39(27(41)35-26)15(14-42-25)13-36-4-3-5-36/h2,10-12,15H,1,3-9,13-14H2. The molecule has 42 heavy (non-hydrogen) atoms. The van der Waals surface area contributed by atoms with E-state index in [9.17, 15) is 27.2 Å². The minimum atomic E-state index is -4.93. The summed E-state index contributed by atoms with van der Waals surface area (Å²) in [5.41, 5.74) is -2.55. The number of carbonyl (C=O) groups excluding carboxylic acids is 1. The van der Waals surface area contributed by atoms with Gasteiger partial charge in [0, 0.05) is 66.0 Å². The van der Waals surface area contributed by atoms with Crippen molar-refractivity contribution in [3.05, 3.63) is 63.6 Å². The molecule has 4 heterocycles. The van der Waals surface area contributed by atoms with Gasteiger partial charge in [-0.05, 0) is 37.7 Å². The highest BCUT2D eigenvalue weighted by atomic mass is 35.5. The van der Waals surface area contributed by atoms with Gasteiger partial charge in [0.05, 0.1) is 22.1 Å². The fourth-order valence-electron chi connectivity index (χ4n) is 5.80. The number of hydrogen-bond donors (Lipinski definition) is 0. The summed E-state index contributed by atoms with van der Waals surface area (Å²) < 4.78 is 74.9. The molecule has 0 saturated carbocycles. The van der Waals surface area contributed by atoms with Gasteiger partial charge < -0.3 is 14.7 Å². The van der Waals surface area contributed by atoms with Gasteiger partial charge in [-0.3, -0.25) is 9.36 Å². The highest BCUT2D eigenvalue weighted by Crippen LogP contribution is 2.50. The van der Waals surface area contributed by atoms with E-state index in [4.69, 9.17) is 11.6 Å². The minimum Gasteiger partial charge on any atom is -0.352 e. The average Bonchev–Trinajstić information content (AvgIpc) is 2.93. The van der Waals surface area contributed by atoms with E-state index < -0.39 is 45.2 Å². The third kappa shape index (κ3) is 4.94. The Balaban J connectivity index is 1.62. The largest absolute Gasteiger partial charge is 0.417 e. The average molecular weight is 626 g/mol. The number of aromatic nitrogens is 2. The van der Waals surface area contributed by atoms with Crippen molar-refractivity contribution in [3.63, 3.8) is 0 Å². The molecule has 2 aromatic carbocycles. The van der Waals surface area contributed by atoms with Crippen molar-refractivity contribution in [1.82, 2.24) is 19.4 Å². The monoisotopic (exact) mass is 625 g/mol. The van der Waals surface area contributed by atoms with E-state index in [0.29, 0.717) is 12.6 Å². The van der Waals surface area contributed by atoms with Crippen LogP contribution in [0.2, 0.25) is 5.02 Å². The molecule has 2 saturated heterocycles. The van der Waals surface area contributed by atoms with Gasteiger partial charge in [0.25, 0.3) is 0 Å². The van der Waals surface area contributed by atoms with Crippen molar-refractivity contribution in [3.8, 4) is 11.1 Å². The van der Waals surface area contributed by atoms with E-state index in [1.165, 1.54) is 10.6 Å². The predicted octanol–water partition coefficient (Wildman–Crippen LogP) is 5.20. The number of halogens is 6. The molecule has 1 unspecified atom stereocenters. The van der Waals surface area contributed by atoms with Gasteiger partial charge in [-0.15, -0.1) is 11.8 Å². The Hall–Kier alpha value is -3.16. The minimum absolute atomic E-state index is 0.0579. The van der Waals surface area contributed by atoms with Crippen molar-refractivity contribution < 1.29 is 26.7 Å². The van der Waals surface area contributed by atoms with Gasteiger partial charge in [-0.25, -0.2) is 13.6 Å². The first kappa shape index (κ1) is 28.9. The van der Waals surface area contributed by atoms with Crippen LogP contribution in [-0.4, -0.2) is 76.8 Å². The summed E-state index contributed by atoms with van der Waals surface area (Å²) in [6.45, 7) is 6.69. The zero-order valence-corrected chi connectivity index (χ0v) is 23.8. The second-order valence-electron chi connectivity index (χ2n) is 10.5. The molecule has 0 N–H and O–H groups in total. The van der Waals surface area contributed by atoms with Crippen molar-refractivity contribution in [2.75, 3.05) is 56.5 Å². The van der Waals surface area contributed by atoms with Crippen LogP contribution < -0.4 is 10.6 Å². The van der Waals surface area contributed by atoms with Gasteiger partial charge in [-0.2, -0.15) is 18.2 Å². The third-order valence-electron chi connectivity index (χ3n) is 8.00. The van der Waals surface area contributed by atoms with Crippen LogP contribution >= 0.6 is 23.4 Å². The number of amides is 1. The molecule has 1 atom stereocenters. The van der Waals surface area contributed by atoms with Crippen LogP contribution in [0.5, 0.6) is 0 Å². The summed E-state index contributed by atoms with van der Waals surface area (Å²) in [5, 5.41) is -0.429. The van der Waals surface area contributed by atoms with Crippen LogP contribution in [0, 0.1) is 11.6 Å². The summed E-state index contributed by atoms with van der Waals surface area (Å²) in [6.07, 6.45) is -2.73. The Labute approximate surface area is 246 Å². The van der Waals surface area contributed by atoms with Gasteiger partial charge >= 0.3 is 11.9 Å². The van der Waals surface area contributed by atoms with Crippen LogP contribution in [-0.2, 0) is 11.0 Å². The molecule has 7 nitrogen and oxygen atoms in total. The molecule has 0 radical (unpaired) electrons. The van der Waals surface area contributed by atoms with Crippen molar-refractivity contribution in [2.24, 2.45) is 0 Å². The van der Waals surface area contributed by atoms with Gasteiger partial charge in [-0.1, -0.05) is 18.2 Å². The number of hydrogen-bond acceptors (Lipinski definition) is 6. The first-order valence-electron chi connectivity index (χ1n) is 13.3. The summed E-state index contributed by atoms with van der Waals surface area (Å²) in [7, 11) is 0. The van der Waals surface area contributed by atoms with Crippen LogP contribution in [0.4, 0.5) is 27.8 Å². The van der Waals surface area contributed by atoms with E-state index >= 15 is 4.39 Å². The first-order chi connectivity index (χ1) is 20.0. The molecule has 0 bridgehead atoms. The fraction of sp³-hybridized carbons (Fsp3) is 0.393. The molecule has 2 fully saturated rings. The number of nitrogens with zero attached hydrogens (tertiary/aromatic N) is 5. The van der Waals surface area contributed by atoms with Crippen molar-refractivity contribution >= 4 is 46.0 Å². The Kier molecular flexibility index (Phi) is 7.47. The second-order valence-corrected chi connectivity index (χ2v) is 11.9. The molecule has 3 aromatic rings. The maximum atomic E-state index is 15.2. The van der Waals surface area contributed by atoms with E-state index in [0.717, 1.165) is 43.4 Å². The molecule has 0 aliphatic carbocycles. The normalized spacial score (nSPS) is 19.2. The topological polar surface area (TPSA) is 61.7 Å². The molecule has 14 heteroatoms. The Morgan fingerprint density at radius 1 is 1.10 bits per heavy atom. The van der Waals surface area contributed by atoms with Crippen molar-refractivity contribution in [2.45, 2.75) is 23.5 Å². The molecular formula is C28H25ClF5N5O2S. The Bertz CT molecular complexity index is 1670. The molecule has 3 aliphatic heterocycles. The van der Waals surface area contributed by atoms with Gasteiger partial charge in [0.15, 0.2) is 0 Å². The fourth-order valence-corrected chi connectivity index (χ4v) is 7.29. The lowest BCUT2D eigenvalue weighted by atomic mass is 9.95. The highest BCUT2D eigenvalue weighted by Gasteiger charge is 2.40. The Morgan fingerprint density at radius 2 is 1.81 bits per heavy atom. The zero-order chi connectivity index (χ0) is 29.9. The molecular weight excluding hydrogens is 601 g/mol. The maximum Gasteiger partial charge on any atom is 0.417 e. The summed E-state index contributed by atoms with van der Waals surface area (Å²) in [5.74, 6) is -2.24. The number of anilines is 1. The lowest BCUT2D eigenvalue weighted by Gasteiger charge is -2.39. The van der Waals surface area contributed by atoms with E-state index in [1.54, 1.807) is 9.80 Å². The van der Waals surface area contributed by atoms with Crippen molar-refractivity contribution in [1.29, 1.82) is 0 Å². The second kappa shape index (κ2) is 10.8. The van der Waals surface area contributed by atoms with Crippen LogP contribution in [0.15, 0.2) is 40.5 Å². The molecule has 6 rings (SSSR count). The molecule has 0 spiro atoms. The molecule has 1 aromatic heterocycles. The molecule has 3 aliphatic rings. The maximum absolute atomic E-state index is 15.2. The first-order valence-corrected chi connectivity index (χ1v) is 14.7. The number of carbonyl (C=O) groups is 1. The van der Waals surface area contributed by atoms with Crippen LogP contribution in [0.3, 0.4) is 0 Å². The van der Waals surface area contributed by atoms with Crippen LogP contribution in [0.1, 0.15) is 18.0 Å². The SMILES string of the molecule is C=CC(=O)N1CCN(c2nc(=O)n3c4c(c(-c5cc(Cl)c(F)cc5F)c(C(F)(F)F)cc24)SCC3CN2CCC2)CC1. The summed E-state index contributed by atoms with van der Waals surface area (Å²) >= 11 is 7.03. The summed E-state index contributed by atoms with van der Waals surface area (Å²) in [4.78, 5) is 35.5. The molecule has 1 amide bonds. The predicted molar refractivity (Wildman–Crippen MR) is 151 cm³/mol. The number of thioether (sulfide) groups is 1. The number of alkyl halides is 3. The lowest BCUT2D eigenvalue weighted by Crippen LogP contribution is -2.49. The van der Waals surface area contributed by atoms with E-state index in [1.807, 2.05) is 0 Å². The highest BCUT2D eigenvalue weighted by molar-refractivity contribution is 7.99. The summed E-state index contributed by atoms with van der Waals surface area (Å²) in [6, 6.07) is 1.83. The van der Waals surface area contributed by atoms with Gasteiger partial charge in [0.2, 0.25) is 5.91 Å². The van der Waals surface area contributed by atoms with Gasteiger partial charge in [0.1, 0.15) is 17.5 Å². The number of piperazine rings is 1. The zero-order valence-electron chi connectivity index (χ0n) is 22.2. The van der Waals surface area contributed by atoms with E-state index in [2.05, 4.69) is 16.5 Å².